The molecule has 0 bridgehead atoms. The lowest BCUT2D eigenvalue weighted by molar-refractivity contribution is -0.136. The summed E-state index contributed by atoms with van der Waals surface area (Å²) in [5.74, 6) is -1.30. The van der Waals surface area contributed by atoms with Gasteiger partial charge in [-0.3, -0.25) is 4.79 Å². The number of anilines is 2. The molecule has 9 heteroatoms. The number of amides is 1. The molecule has 0 atom stereocenters. The van der Waals surface area contributed by atoms with Crippen LogP contribution in [0.1, 0.15) is 18.2 Å². The number of halogens is 2. The number of aromatic nitrogens is 1. The van der Waals surface area contributed by atoms with Gasteiger partial charge in [-0.25, -0.2) is 14.1 Å². The Morgan fingerprint density at radius 1 is 1.03 bits per heavy atom. The van der Waals surface area contributed by atoms with Crippen molar-refractivity contribution >= 4 is 35.0 Å². The molecule has 0 unspecified atom stereocenters. The predicted octanol–water partition coefficient (Wildman–Crippen LogP) is 7.03. The van der Waals surface area contributed by atoms with Crippen LogP contribution in [0.2, 0.25) is 5.02 Å². The Labute approximate surface area is 211 Å². The van der Waals surface area contributed by atoms with Crippen LogP contribution in [0.25, 0.3) is 22.4 Å². The summed E-state index contributed by atoms with van der Waals surface area (Å²) in [6.45, 7) is 3.37. The molecule has 0 spiro atoms. The van der Waals surface area contributed by atoms with Gasteiger partial charge in [-0.05, 0) is 48.7 Å². The Kier molecular flexibility index (Phi) is 7.36. The highest BCUT2D eigenvalue weighted by molar-refractivity contribution is 6.30. The maximum atomic E-state index is 14.9. The van der Waals surface area contributed by atoms with Crippen LogP contribution < -0.4 is 4.90 Å². The van der Waals surface area contributed by atoms with Gasteiger partial charge < -0.3 is 14.4 Å². The van der Waals surface area contributed by atoms with Crippen molar-refractivity contribution in [1.29, 1.82) is 0 Å². The van der Waals surface area contributed by atoms with E-state index in [1.165, 1.54) is 12.1 Å². The number of hydrogen-bond donors (Lipinski definition) is 1. The van der Waals surface area contributed by atoms with Crippen LogP contribution in [0, 0.1) is 12.7 Å². The summed E-state index contributed by atoms with van der Waals surface area (Å²) in [7, 11) is 0. The Morgan fingerprint density at radius 3 is 2.22 bits per heavy atom. The van der Waals surface area contributed by atoms with Gasteiger partial charge in [0.05, 0.1) is 18.7 Å². The maximum absolute atomic E-state index is 14.9. The second-order valence-corrected chi connectivity index (χ2v) is 8.35. The number of carbonyl (C=O) groups is 2. The van der Waals surface area contributed by atoms with E-state index >= 15 is 0 Å². The number of hydrogen-bond acceptors (Lipinski definition) is 5. The lowest BCUT2D eigenvalue weighted by atomic mass is 10.0. The molecular weight excluding hydrogens is 487 g/mol. The largest absolute Gasteiger partial charge is 0.481 e. The lowest BCUT2D eigenvalue weighted by Crippen LogP contribution is -2.28. The third kappa shape index (κ3) is 5.23. The fourth-order valence-electron chi connectivity index (χ4n) is 3.79. The van der Waals surface area contributed by atoms with Gasteiger partial charge in [0, 0.05) is 10.6 Å². The fraction of sp³-hybridized carbons (Fsp3) is 0.148. The summed E-state index contributed by atoms with van der Waals surface area (Å²) in [4.78, 5) is 24.9. The quantitative estimate of drug-likeness (QED) is 0.288. The third-order valence-electron chi connectivity index (χ3n) is 5.46. The minimum Gasteiger partial charge on any atom is -0.481 e. The molecule has 0 radical (unpaired) electrons. The molecule has 0 fully saturated rings. The van der Waals surface area contributed by atoms with Crippen molar-refractivity contribution in [3.63, 3.8) is 0 Å². The fourth-order valence-corrected chi connectivity index (χ4v) is 3.95. The lowest BCUT2D eigenvalue weighted by Gasteiger charge is -2.22. The molecule has 1 heterocycles. The summed E-state index contributed by atoms with van der Waals surface area (Å²) in [5.41, 5.74) is 3.68. The second-order valence-electron chi connectivity index (χ2n) is 7.91. The van der Waals surface area contributed by atoms with Crippen LogP contribution in [0.5, 0.6) is 0 Å². The first kappa shape index (κ1) is 24.9. The number of aliphatic carboxylic acids is 1. The third-order valence-corrected chi connectivity index (χ3v) is 5.69. The minimum absolute atomic E-state index is 0.0430. The minimum atomic E-state index is -0.888. The Balaban J connectivity index is 1.72. The van der Waals surface area contributed by atoms with Crippen LogP contribution in [-0.4, -0.2) is 28.9 Å². The average Bonchev–Trinajstić information content (AvgIpc) is 3.22. The zero-order chi connectivity index (χ0) is 25.8. The molecule has 0 aliphatic rings. The molecule has 7 nitrogen and oxygen atoms in total. The molecule has 3 aromatic carbocycles. The standard InChI is InChI=1S/C27H22ClFN2O5/c1-3-35-27(34)31(23-13-12-21(28)15-22(23)29)26-16(2)36-30-25(26)20-10-8-19(9-11-20)18-6-4-17(5-7-18)14-24(32)33/h4-13,15H,3,14H2,1-2H3,(H,32,33). The van der Waals surface area contributed by atoms with Crippen molar-refractivity contribution in [3.05, 3.63) is 88.9 Å². The van der Waals surface area contributed by atoms with Crippen molar-refractivity contribution < 1.29 is 28.3 Å². The van der Waals surface area contributed by atoms with Gasteiger partial charge >= 0.3 is 12.1 Å². The number of ether oxygens (including phenoxy) is 1. The molecule has 0 saturated carbocycles. The van der Waals surface area contributed by atoms with E-state index in [2.05, 4.69) is 5.16 Å². The van der Waals surface area contributed by atoms with E-state index in [0.29, 0.717) is 22.6 Å². The summed E-state index contributed by atoms with van der Waals surface area (Å²) >= 11 is 5.91. The predicted molar refractivity (Wildman–Crippen MR) is 134 cm³/mol. The van der Waals surface area contributed by atoms with Crippen LogP contribution in [0.4, 0.5) is 20.6 Å². The van der Waals surface area contributed by atoms with Gasteiger partial charge in [-0.2, -0.15) is 0 Å². The van der Waals surface area contributed by atoms with E-state index in [-0.39, 0.29) is 29.4 Å². The topological polar surface area (TPSA) is 92.9 Å². The van der Waals surface area contributed by atoms with Gasteiger partial charge in [-0.15, -0.1) is 0 Å². The Hall–Kier alpha value is -4.17. The van der Waals surface area contributed by atoms with Gasteiger partial charge in [0.25, 0.3) is 0 Å². The van der Waals surface area contributed by atoms with Crippen molar-refractivity contribution in [2.45, 2.75) is 20.3 Å². The van der Waals surface area contributed by atoms with Crippen molar-refractivity contribution in [3.8, 4) is 22.4 Å². The first-order chi connectivity index (χ1) is 17.3. The number of nitrogens with zero attached hydrogens (tertiary/aromatic N) is 2. The van der Waals surface area contributed by atoms with Crippen LogP contribution >= 0.6 is 11.6 Å². The number of benzene rings is 3. The number of aryl methyl sites for hydroxylation is 1. The van der Waals surface area contributed by atoms with Crippen LogP contribution in [-0.2, 0) is 16.0 Å². The summed E-state index contributed by atoms with van der Waals surface area (Å²) < 4.78 is 25.5. The molecule has 0 saturated heterocycles. The highest BCUT2D eigenvalue weighted by Gasteiger charge is 2.30. The van der Waals surface area contributed by atoms with E-state index in [0.717, 1.165) is 22.1 Å². The molecule has 36 heavy (non-hydrogen) atoms. The number of carboxylic acid groups (broad SMARTS) is 1. The van der Waals surface area contributed by atoms with E-state index in [1.807, 2.05) is 36.4 Å². The molecule has 1 N–H and O–H groups in total. The second kappa shape index (κ2) is 10.6. The Bertz CT molecular complexity index is 1400. The molecule has 4 aromatic rings. The maximum Gasteiger partial charge on any atom is 0.419 e. The van der Waals surface area contributed by atoms with Crippen molar-refractivity contribution in [1.82, 2.24) is 5.16 Å². The van der Waals surface area contributed by atoms with E-state index in [9.17, 15) is 14.0 Å². The zero-order valence-electron chi connectivity index (χ0n) is 19.5. The highest BCUT2D eigenvalue weighted by atomic mass is 35.5. The van der Waals surface area contributed by atoms with Gasteiger partial charge in [0.1, 0.15) is 17.2 Å². The van der Waals surface area contributed by atoms with Crippen molar-refractivity contribution in [2.75, 3.05) is 11.5 Å². The highest BCUT2D eigenvalue weighted by Crippen LogP contribution is 2.40. The van der Waals surface area contributed by atoms with E-state index in [1.54, 1.807) is 26.0 Å². The molecular formula is C27H22ClFN2O5. The molecule has 0 aliphatic heterocycles. The van der Waals surface area contributed by atoms with Gasteiger partial charge in [0.2, 0.25) is 0 Å². The van der Waals surface area contributed by atoms with Gasteiger partial charge in [-0.1, -0.05) is 65.3 Å². The molecule has 4 rings (SSSR count). The first-order valence-electron chi connectivity index (χ1n) is 11.1. The van der Waals surface area contributed by atoms with Gasteiger partial charge in [0.15, 0.2) is 5.76 Å². The first-order valence-corrected chi connectivity index (χ1v) is 11.5. The average molecular weight is 509 g/mol. The molecule has 1 amide bonds. The van der Waals surface area contributed by atoms with E-state index < -0.39 is 17.9 Å². The number of rotatable bonds is 7. The molecule has 184 valence electrons. The molecule has 0 aliphatic carbocycles. The normalized spacial score (nSPS) is 10.8. The SMILES string of the molecule is CCOC(=O)N(c1ccc(Cl)cc1F)c1c(-c2ccc(-c3ccc(CC(=O)O)cc3)cc2)noc1C. The number of carboxylic acids is 1. The van der Waals surface area contributed by atoms with Crippen LogP contribution in [0.3, 0.4) is 0 Å². The summed E-state index contributed by atoms with van der Waals surface area (Å²) in [5, 5.41) is 13.3. The summed E-state index contributed by atoms with van der Waals surface area (Å²) in [6.07, 6.45) is -0.831. The van der Waals surface area contributed by atoms with Crippen molar-refractivity contribution in [2.24, 2.45) is 0 Å². The monoisotopic (exact) mass is 508 g/mol. The smallest absolute Gasteiger partial charge is 0.419 e. The molecule has 1 aromatic heterocycles. The Morgan fingerprint density at radius 2 is 1.64 bits per heavy atom. The van der Waals surface area contributed by atoms with Crippen LogP contribution in [0.15, 0.2) is 71.3 Å². The number of carbonyl (C=O) groups excluding carboxylic acids is 1. The van der Waals surface area contributed by atoms with E-state index in [4.69, 9.17) is 26.0 Å². The summed E-state index contributed by atoms with van der Waals surface area (Å²) in [6, 6.07) is 18.6. The zero-order valence-corrected chi connectivity index (χ0v) is 20.3.